The van der Waals surface area contributed by atoms with Gasteiger partial charge in [-0.1, -0.05) is 20.8 Å². The van der Waals surface area contributed by atoms with Crippen LogP contribution < -0.4 is 16.4 Å². The number of aromatic nitrogens is 2. The molecule has 0 bridgehead atoms. The number of carbonyl (C=O) groups is 2. The van der Waals surface area contributed by atoms with Crippen LogP contribution in [0.2, 0.25) is 0 Å². The van der Waals surface area contributed by atoms with Crippen LogP contribution in [-0.2, 0) is 11.3 Å². The summed E-state index contributed by atoms with van der Waals surface area (Å²) in [4.78, 5) is 25.7. The molecule has 1 aliphatic rings. The number of benzene rings is 1. The summed E-state index contributed by atoms with van der Waals surface area (Å²) in [6, 6.07) is 3.76. The van der Waals surface area contributed by atoms with Crippen LogP contribution in [0.1, 0.15) is 56.9 Å². The lowest BCUT2D eigenvalue weighted by Gasteiger charge is -2.30. The molecule has 2 aromatic rings. The van der Waals surface area contributed by atoms with E-state index in [1.54, 1.807) is 10.7 Å². The molecule has 29 heavy (non-hydrogen) atoms. The molecule has 0 aliphatic heterocycles. The molecule has 4 N–H and O–H groups in total. The van der Waals surface area contributed by atoms with E-state index in [2.05, 4.69) is 15.7 Å². The van der Waals surface area contributed by atoms with E-state index in [0.29, 0.717) is 24.0 Å². The molecule has 1 unspecified atom stereocenters. The molecule has 1 saturated carbocycles. The number of nitrogens with two attached hydrogens (primary N) is 1. The Labute approximate surface area is 170 Å². The second kappa shape index (κ2) is 8.49. The molecule has 158 valence electrons. The standard InChI is InChI=1S/C21H30FN5O2/c1-21(2,3)18(20(29)24-14-7-8-14)25-19(28)17-15-12-13(22)6-9-16(15)27(26-17)11-5-4-10-23/h6,9,12,14,18H,4-5,7-8,10-11,23H2,1-3H3,(H,24,29)(H,25,28). The number of aryl methyl sites for hydroxylation is 1. The van der Waals surface area contributed by atoms with Gasteiger partial charge in [0.05, 0.1) is 5.52 Å². The summed E-state index contributed by atoms with van der Waals surface area (Å²) in [7, 11) is 0. The Bertz CT molecular complexity index is 898. The number of nitrogens with one attached hydrogen (secondary N) is 2. The van der Waals surface area contributed by atoms with Gasteiger partial charge in [-0.15, -0.1) is 0 Å². The number of unbranched alkanes of at least 4 members (excludes halogenated alkanes) is 1. The molecular weight excluding hydrogens is 373 g/mol. The normalized spacial score (nSPS) is 15.3. The number of hydrogen-bond donors (Lipinski definition) is 3. The summed E-state index contributed by atoms with van der Waals surface area (Å²) in [5.74, 6) is -1.12. The molecule has 2 amide bonds. The van der Waals surface area contributed by atoms with Gasteiger partial charge in [0.15, 0.2) is 5.69 Å². The summed E-state index contributed by atoms with van der Waals surface area (Å²) in [5.41, 5.74) is 5.88. The van der Waals surface area contributed by atoms with Crippen molar-refractivity contribution in [3.05, 3.63) is 29.7 Å². The molecule has 1 aromatic carbocycles. The van der Waals surface area contributed by atoms with E-state index in [1.165, 1.54) is 12.1 Å². The number of rotatable bonds is 8. The van der Waals surface area contributed by atoms with Crippen LogP contribution in [-0.4, -0.2) is 40.2 Å². The minimum Gasteiger partial charge on any atom is -0.352 e. The van der Waals surface area contributed by atoms with Gasteiger partial charge in [0.2, 0.25) is 5.91 Å². The number of fused-ring (bicyclic) bond motifs is 1. The molecule has 0 radical (unpaired) electrons. The van der Waals surface area contributed by atoms with Crippen LogP contribution in [0.3, 0.4) is 0 Å². The number of nitrogens with zero attached hydrogens (tertiary/aromatic N) is 2. The summed E-state index contributed by atoms with van der Waals surface area (Å²) in [5, 5.41) is 10.7. The van der Waals surface area contributed by atoms with Crippen molar-refractivity contribution < 1.29 is 14.0 Å². The molecule has 7 nitrogen and oxygen atoms in total. The van der Waals surface area contributed by atoms with Crippen LogP contribution in [0.4, 0.5) is 4.39 Å². The Balaban J connectivity index is 1.88. The monoisotopic (exact) mass is 403 g/mol. The van der Waals surface area contributed by atoms with Crippen molar-refractivity contribution in [1.29, 1.82) is 0 Å². The highest BCUT2D eigenvalue weighted by molar-refractivity contribution is 6.06. The SMILES string of the molecule is CC(C)(C)C(NC(=O)c1nn(CCCCN)c2ccc(F)cc12)C(=O)NC1CC1. The predicted molar refractivity (Wildman–Crippen MR) is 110 cm³/mol. The second-order valence-electron chi connectivity index (χ2n) is 8.78. The molecule has 1 heterocycles. The van der Waals surface area contributed by atoms with Crippen LogP contribution in [0.25, 0.3) is 10.9 Å². The smallest absolute Gasteiger partial charge is 0.273 e. The number of amides is 2. The first kappa shape index (κ1) is 21.2. The fourth-order valence-corrected chi connectivity index (χ4v) is 3.28. The zero-order valence-corrected chi connectivity index (χ0v) is 17.3. The maximum atomic E-state index is 13.9. The zero-order chi connectivity index (χ0) is 21.2. The molecular formula is C21H30FN5O2. The van der Waals surface area contributed by atoms with Crippen molar-refractivity contribution in [3.63, 3.8) is 0 Å². The van der Waals surface area contributed by atoms with Crippen molar-refractivity contribution in [2.75, 3.05) is 6.54 Å². The largest absolute Gasteiger partial charge is 0.352 e. The Morgan fingerprint density at radius 3 is 2.66 bits per heavy atom. The van der Waals surface area contributed by atoms with E-state index >= 15 is 0 Å². The van der Waals surface area contributed by atoms with E-state index < -0.39 is 23.2 Å². The molecule has 0 saturated heterocycles. The molecule has 1 aliphatic carbocycles. The van der Waals surface area contributed by atoms with E-state index in [9.17, 15) is 14.0 Å². The van der Waals surface area contributed by atoms with Gasteiger partial charge >= 0.3 is 0 Å². The van der Waals surface area contributed by atoms with Crippen LogP contribution in [0.5, 0.6) is 0 Å². The van der Waals surface area contributed by atoms with E-state index in [4.69, 9.17) is 5.73 Å². The van der Waals surface area contributed by atoms with Crippen LogP contribution >= 0.6 is 0 Å². The summed E-state index contributed by atoms with van der Waals surface area (Å²) >= 11 is 0. The second-order valence-corrected chi connectivity index (χ2v) is 8.78. The summed E-state index contributed by atoms with van der Waals surface area (Å²) in [6.07, 6.45) is 3.57. The van der Waals surface area contributed by atoms with Crippen LogP contribution in [0, 0.1) is 11.2 Å². The third-order valence-corrected chi connectivity index (χ3v) is 5.08. The first-order chi connectivity index (χ1) is 13.7. The van der Waals surface area contributed by atoms with Gasteiger partial charge in [0.25, 0.3) is 5.91 Å². The van der Waals surface area contributed by atoms with Crippen molar-refractivity contribution in [3.8, 4) is 0 Å². The first-order valence-corrected chi connectivity index (χ1v) is 10.2. The van der Waals surface area contributed by atoms with Crippen molar-refractivity contribution >= 4 is 22.7 Å². The Hall–Kier alpha value is -2.48. The Morgan fingerprint density at radius 1 is 1.31 bits per heavy atom. The summed E-state index contributed by atoms with van der Waals surface area (Å²) in [6.45, 7) is 6.84. The first-order valence-electron chi connectivity index (χ1n) is 10.2. The Morgan fingerprint density at radius 2 is 2.03 bits per heavy atom. The lowest BCUT2D eigenvalue weighted by Crippen LogP contribution is -2.54. The number of halogens is 1. The minimum absolute atomic E-state index is 0.126. The highest BCUT2D eigenvalue weighted by atomic mass is 19.1. The molecule has 1 aromatic heterocycles. The van der Waals surface area contributed by atoms with Crippen molar-refractivity contribution in [2.45, 2.75) is 65.1 Å². The fraction of sp³-hybridized carbons (Fsp3) is 0.571. The van der Waals surface area contributed by atoms with Gasteiger partial charge in [-0.05, 0) is 55.8 Å². The van der Waals surface area contributed by atoms with Gasteiger partial charge in [-0.25, -0.2) is 4.39 Å². The predicted octanol–water partition coefficient (Wildman–Crippen LogP) is 2.34. The lowest BCUT2D eigenvalue weighted by molar-refractivity contribution is -0.125. The third-order valence-electron chi connectivity index (χ3n) is 5.08. The maximum Gasteiger partial charge on any atom is 0.273 e. The minimum atomic E-state index is -0.721. The van der Waals surface area contributed by atoms with E-state index in [0.717, 1.165) is 25.7 Å². The topological polar surface area (TPSA) is 102 Å². The quantitative estimate of drug-likeness (QED) is 0.589. The van der Waals surface area contributed by atoms with Gasteiger partial charge in [0.1, 0.15) is 11.9 Å². The highest BCUT2D eigenvalue weighted by Gasteiger charge is 2.36. The Kier molecular flexibility index (Phi) is 6.21. The fourth-order valence-electron chi connectivity index (χ4n) is 3.28. The average molecular weight is 404 g/mol. The third kappa shape index (κ3) is 5.12. The van der Waals surface area contributed by atoms with Crippen molar-refractivity contribution in [1.82, 2.24) is 20.4 Å². The average Bonchev–Trinajstić information content (AvgIpc) is 3.38. The van der Waals surface area contributed by atoms with Crippen molar-refractivity contribution in [2.24, 2.45) is 11.1 Å². The van der Waals surface area contributed by atoms with Gasteiger partial charge in [0, 0.05) is 18.0 Å². The summed E-state index contributed by atoms with van der Waals surface area (Å²) < 4.78 is 15.6. The van der Waals surface area contributed by atoms with Gasteiger partial charge in [-0.3, -0.25) is 14.3 Å². The molecule has 0 spiro atoms. The molecule has 8 heteroatoms. The van der Waals surface area contributed by atoms with Gasteiger partial charge in [-0.2, -0.15) is 5.10 Å². The van der Waals surface area contributed by atoms with Crippen LogP contribution in [0.15, 0.2) is 18.2 Å². The lowest BCUT2D eigenvalue weighted by atomic mass is 9.86. The molecule has 1 atom stereocenters. The van der Waals surface area contributed by atoms with Gasteiger partial charge < -0.3 is 16.4 Å². The molecule has 1 fully saturated rings. The maximum absolute atomic E-state index is 13.9. The number of hydrogen-bond acceptors (Lipinski definition) is 4. The number of carbonyl (C=O) groups excluding carboxylic acids is 2. The van der Waals surface area contributed by atoms with E-state index in [1.807, 2.05) is 20.8 Å². The molecule has 3 rings (SSSR count). The highest BCUT2D eigenvalue weighted by Crippen LogP contribution is 2.25. The van der Waals surface area contributed by atoms with E-state index in [-0.39, 0.29) is 17.6 Å². The zero-order valence-electron chi connectivity index (χ0n) is 17.3.